The van der Waals surface area contributed by atoms with Gasteiger partial charge in [0, 0.05) is 37.1 Å². The number of hydrogen-bond donors (Lipinski definition) is 2. The van der Waals surface area contributed by atoms with Crippen molar-refractivity contribution < 1.29 is 28.9 Å². The van der Waals surface area contributed by atoms with Gasteiger partial charge in [-0.05, 0) is 12.8 Å². The number of hydrogen-bond acceptors (Lipinski definition) is 4. The number of carbonyl (C=O) groups excluding carboxylic acids is 2. The fourth-order valence-electron chi connectivity index (χ4n) is 3.15. The standard InChI is InChI=1S/C22H30N2O4/c25-17-19-9-5-7-13-23(19)15-21(27)11-3-1-2-4-12-22(28)16-24-14-8-6-10-20(24)18-26/h5-10,13-14,25-26H,1-4,11-12,15-18H2/q+2. The maximum atomic E-state index is 12.1. The van der Waals surface area contributed by atoms with Crippen molar-refractivity contribution in [2.45, 2.75) is 64.8 Å². The van der Waals surface area contributed by atoms with Crippen LogP contribution in [0.15, 0.2) is 48.8 Å². The summed E-state index contributed by atoms with van der Waals surface area (Å²) >= 11 is 0. The number of unbranched alkanes of at least 4 members (excludes halogenated alkanes) is 3. The van der Waals surface area contributed by atoms with E-state index in [1.165, 1.54) is 0 Å². The Labute approximate surface area is 166 Å². The summed E-state index contributed by atoms with van der Waals surface area (Å²) in [5.41, 5.74) is 1.46. The number of aliphatic hydroxyl groups excluding tert-OH is 2. The van der Waals surface area contributed by atoms with E-state index in [-0.39, 0.29) is 37.9 Å². The van der Waals surface area contributed by atoms with Crippen molar-refractivity contribution in [1.82, 2.24) is 0 Å². The molecule has 0 unspecified atom stereocenters. The summed E-state index contributed by atoms with van der Waals surface area (Å²) in [5, 5.41) is 18.6. The molecule has 0 aliphatic rings. The van der Waals surface area contributed by atoms with Gasteiger partial charge in [0.15, 0.2) is 24.0 Å². The van der Waals surface area contributed by atoms with Gasteiger partial charge in [-0.2, -0.15) is 9.13 Å². The van der Waals surface area contributed by atoms with E-state index in [0.717, 1.165) is 37.1 Å². The summed E-state index contributed by atoms with van der Waals surface area (Å²) in [5.74, 6) is 0.304. The lowest BCUT2D eigenvalue weighted by Gasteiger charge is -2.03. The Bertz CT molecular complexity index is 711. The minimum atomic E-state index is -0.0801. The second kappa shape index (κ2) is 12.1. The van der Waals surface area contributed by atoms with E-state index in [0.29, 0.717) is 12.8 Å². The predicted molar refractivity (Wildman–Crippen MR) is 103 cm³/mol. The Hall–Kier alpha value is -2.44. The number of rotatable bonds is 13. The molecule has 6 heteroatoms. The van der Waals surface area contributed by atoms with E-state index in [9.17, 15) is 19.8 Å². The molecule has 0 radical (unpaired) electrons. The lowest BCUT2D eigenvalue weighted by molar-refractivity contribution is -0.693. The summed E-state index contributed by atoms with van der Waals surface area (Å²) in [6.07, 6.45) is 8.12. The van der Waals surface area contributed by atoms with E-state index >= 15 is 0 Å². The molecule has 0 aliphatic heterocycles. The highest BCUT2D eigenvalue weighted by atomic mass is 16.3. The van der Waals surface area contributed by atoms with Gasteiger partial charge in [0.05, 0.1) is 0 Å². The summed E-state index contributed by atoms with van der Waals surface area (Å²) in [4.78, 5) is 24.2. The first-order chi connectivity index (χ1) is 13.6. The highest BCUT2D eigenvalue weighted by Gasteiger charge is 2.15. The van der Waals surface area contributed by atoms with Crippen molar-refractivity contribution in [2.75, 3.05) is 0 Å². The van der Waals surface area contributed by atoms with Crippen LogP contribution in [-0.4, -0.2) is 21.8 Å². The largest absolute Gasteiger partial charge is 0.385 e. The van der Waals surface area contributed by atoms with Crippen molar-refractivity contribution in [3.05, 3.63) is 60.2 Å². The molecule has 0 spiro atoms. The zero-order chi connectivity index (χ0) is 20.2. The molecule has 0 amide bonds. The molecule has 28 heavy (non-hydrogen) atoms. The van der Waals surface area contributed by atoms with Crippen LogP contribution in [0, 0.1) is 0 Å². The van der Waals surface area contributed by atoms with E-state index in [4.69, 9.17) is 0 Å². The van der Waals surface area contributed by atoms with Crippen LogP contribution in [0.5, 0.6) is 0 Å². The molecule has 0 bridgehead atoms. The van der Waals surface area contributed by atoms with Gasteiger partial charge >= 0.3 is 0 Å². The van der Waals surface area contributed by atoms with E-state index in [2.05, 4.69) is 0 Å². The SMILES string of the molecule is O=C(CCCCCCC(=O)C[n+]1ccccc1CO)C[n+]1ccccc1CO. The number of aliphatic hydroxyl groups is 2. The molecule has 0 saturated carbocycles. The zero-order valence-electron chi connectivity index (χ0n) is 16.3. The Kier molecular flexibility index (Phi) is 9.45. The second-order valence-electron chi connectivity index (χ2n) is 6.95. The second-order valence-corrected chi connectivity index (χ2v) is 6.95. The fourth-order valence-corrected chi connectivity index (χ4v) is 3.15. The molecular formula is C22H30N2O4+2. The van der Waals surface area contributed by atoms with Crippen LogP contribution in [0.2, 0.25) is 0 Å². The third kappa shape index (κ3) is 7.29. The smallest absolute Gasteiger partial charge is 0.207 e. The lowest BCUT2D eigenvalue weighted by Crippen LogP contribution is -2.41. The van der Waals surface area contributed by atoms with Crippen molar-refractivity contribution in [1.29, 1.82) is 0 Å². The molecule has 2 rings (SSSR count). The molecule has 6 nitrogen and oxygen atoms in total. The Balaban J connectivity index is 1.60. The summed E-state index contributed by atoms with van der Waals surface area (Å²) in [6, 6.07) is 11.0. The first-order valence-electron chi connectivity index (χ1n) is 9.84. The lowest BCUT2D eigenvalue weighted by atomic mass is 10.1. The third-order valence-electron chi connectivity index (χ3n) is 4.75. The monoisotopic (exact) mass is 386 g/mol. The maximum absolute atomic E-state index is 12.1. The topological polar surface area (TPSA) is 82.4 Å². The molecule has 2 N–H and O–H groups in total. The van der Waals surface area contributed by atoms with Gasteiger partial charge in [0.2, 0.25) is 24.5 Å². The Morgan fingerprint density at radius 3 is 1.50 bits per heavy atom. The minimum absolute atomic E-state index is 0.0801. The molecule has 150 valence electrons. The highest BCUT2D eigenvalue weighted by Crippen LogP contribution is 2.07. The van der Waals surface area contributed by atoms with Gasteiger partial charge < -0.3 is 10.2 Å². The maximum Gasteiger partial charge on any atom is 0.207 e. The van der Waals surface area contributed by atoms with Crippen molar-refractivity contribution in [3.8, 4) is 0 Å². The Morgan fingerprint density at radius 1 is 0.679 bits per heavy atom. The van der Waals surface area contributed by atoms with Crippen LogP contribution < -0.4 is 9.13 Å². The van der Waals surface area contributed by atoms with Crippen molar-refractivity contribution >= 4 is 11.6 Å². The minimum Gasteiger partial charge on any atom is -0.385 e. The molecule has 2 aromatic rings. The van der Waals surface area contributed by atoms with Crippen LogP contribution >= 0.6 is 0 Å². The molecule has 2 aromatic heterocycles. The van der Waals surface area contributed by atoms with Crippen LogP contribution in [0.3, 0.4) is 0 Å². The van der Waals surface area contributed by atoms with Crippen molar-refractivity contribution in [2.24, 2.45) is 0 Å². The zero-order valence-corrected chi connectivity index (χ0v) is 16.3. The first kappa shape index (κ1) is 21.9. The Morgan fingerprint density at radius 2 is 1.11 bits per heavy atom. The average Bonchev–Trinajstić information content (AvgIpc) is 2.71. The summed E-state index contributed by atoms with van der Waals surface area (Å²) in [6.45, 7) is 0.417. The van der Waals surface area contributed by atoms with Gasteiger partial charge in [-0.3, -0.25) is 9.59 Å². The highest BCUT2D eigenvalue weighted by molar-refractivity contribution is 5.77. The molecule has 0 saturated heterocycles. The molecule has 0 aliphatic carbocycles. The number of aromatic nitrogens is 2. The quantitative estimate of drug-likeness (QED) is 0.403. The van der Waals surface area contributed by atoms with E-state index < -0.39 is 0 Å². The van der Waals surface area contributed by atoms with Gasteiger partial charge in [0.1, 0.15) is 13.2 Å². The van der Waals surface area contributed by atoms with Gasteiger partial charge in [-0.25, -0.2) is 0 Å². The van der Waals surface area contributed by atoms with Crippen LogP contribution in [0.4, 0.5) is 0 Å². The molecule has 2 heterocycles. The van der Waals surface area contributed by atoms with Gasteiger partial charge in [-0.1, -0.05) is 25.0 Å². The number of carbonyl (C=O) groups is 2. The first-order valence-corrected chi connectivity index (χ1v) is 9.84. The normalized spacial score (nSPS) is 10.8. The molecule has 0 aromatic carbocycles. The van der Waals surface area contributed by atoms with Crippen LogP contribution in [0.25, 0.3) is 0 Å². The summed E-state index contributed by atoms with van der Waals surface area (Å²) < 4.78 is 3.56. The number of pyridine rings is 2. The average molecular weight is 386 g/mol. The fraction of sp³-hybridized carbons (Fsp3) is 0.455. The summed E-state index contributed by atoms with van der Waals surface area (Å²) in [7, 11) is 0. The van der Waals surface area contributed by atoms with Gasteiger partial charge in [-0.15, -0.1) is 0 Å². The number of Topliss-reactive ketones (excluding diaryl/α,β-unsaturated/α-hetero) is 2. The number of nitrogens with zero attached hydrogens (tertiary/aromatic N) is 2. The van der Waals surface area contributed by atoms with Crippen LogP contribution in [-0.2, 0) is 35.9 Å². The molecule has 0 atom stereocenters. The molecular weight excluding hydrogens is 356 g/mol. The van der Waals surface area contributed by atoms with E-state index in [1.54, 1.807) is 9.13 Å². The van der Waals surface area contributed by atoms with E-state index in [1.807, 2.05) is 48.8 Å². The molecule has 0 fully saturated rings. The third-order valence-corrected chi connectivity index (χ3v) is 4.75. The van der Waals surface area contributed by atoms with Crippen LogP contribution in [0.1, 0.15) is 49.9 Å². The predicted octanol–water partition coefficient (Wildman–Crippen LogP) is 1.43. The van der Waals surface area contributed by atoms with Gasteiger partial charge in [0.25, 0.3) is 0 Å². The number of ketones is 2. The van der Waals surface area contributed by atoms with Crippen molar-refractivity contribution in [3.63, 3.8) is 0 Å².